The predicted molar refractivity (Wildman–Crippen MR) is 82.6 cm³/mol. The van der Waals surface area contributed by atoms with Crippen LogP contribution in [0.15, 0.2) is 18.2 Å². The van der Waals surface area contributed by atoms with Crippen LogP contribution in [0, 0.1) is 0 Å². The molecule has 0 unspecified atom stereocenters. The van der Waals surface area contributed by atoms with E-state index in [-0.39, 0.29) is 6.10 Å². The average molecular weight is 292 g/mol. The van der Waals surface area contributed by atoms with Crippen LogP contribution in [0.3, 0.4) is 0 Å². The molecule has 0 aromatic heterocycles. The number of rotatable bonds is 3. The van der Waals surface area contributed by atoms with E-state index in [4.69, 9.17) is 15.2 Å². The molecule has 5 nitrogen and oxygen atoms in total. The van der Waals surface area contributed by atoms with E-state index in [1.807, 2.05) is 20.8 Å². The molecule has 0 radical (unpaired) electrons. The second-order valence-corrected chi connectivity index (χ2v) is 6.54. The molecule has 116 valence electrons. The quantitative estimate of drug-likeness (QED) is 0.684. The second-order valence-electron chi connectivity index (χ2n) is 6.54. The molecule has 1 atom stereocenters. The lowest BCUT2D eigenvalue weighted by atomic mass is 10.1. The highest BCUT2D eigenvalue weighted by molar-refractivity contribution is 5.95. The third kappa shape index (κ3) is 4.36. The molecular formula is C16H24N2O3. The number of nitrogens with zero attached hydrogens (tertiary/aromatic N) is 1. The smallest absolute Gasteiger partial charge is 0.340 e. The van der Waals surface area contributed by atoms with E-state index in [0.29, 0.717) is 17.0 Å². The summed E-state index contributed by atoms with van der Waals surface area (Å²) in [6.07, 6.45) is 1.19. The van der Waals surface area contributed by atoms with Crippen molar-refractivity contribution >= 4 is 11.7 Å². The number of likely N-dealkylation sites (N-methyl/N-ethyl adjacent to an activating group) is 1. The van der Waals surface area contributed by atoms with Crippen LogP contribution in [0.25, 0.3) is 0 Å². The number of likely N-dealkylation sites (tertiary alicyclic amines) is 1. The van der Waals surface area contributed by atoms with Crippen LogP contribution in [0.1, 0.15) is 37.6 Å². The third-order valence-electron chi connectivity index (χ3n) is 3.29. The van der Waals surface area contributed by atoms with Gasteiger partial charge >= 0.3 is 5.97 Å². The number of esters is 1. The summed E-state index contributed by atoms with van der Waals surface area (Å²) in [6.45, 7) is 7.43. The SMILES string of the molecule is CN1CC[C@H](Oc2ccc(C(=O)OC(C)(C)C)c(N)c2)C1. The Bertz CT molecular complexity index is 523. The number of benzene rings is 1. The number of carbonyl (C=O) groups excluding carboxylic acids is 1. The van der Waals surface area contributed by atoms with Crippen molar-refractivity contribution in [2.45, 2.75) is 38.9 Å². The summed E-state index contributed by atoms with van der Waals surface area (Å²) in [6, 6.07) is 5.13. The minimum Gasteiger partial charge on any atom is -0.489 e. The number of carbonyl (C=O) groups is 1. The third-order valence-corrected chi connectivity index (χ3v) is 3.29. The minimum absolute atomic E-state index is 0.182. The van der Waals surface area contributed by atoms with E-state index in [2.05, 4.69) is 11.9 Å². The van der Waals surface area contributed by atoms with E-state index < -0.39 is 11.6 Å². The van der Waals surface area contributed by atoms with Crippen molar-refractivity contribution < 1.29 is 14.3 Å². The van der Waals surface area contributed by atoms with E-state index in [9.17, 15) is 4.79 Å². The zero-order valence-electron chi connectivity index (χ0n) is 13.2. The van der Waals surface area contributed by atoms with Gasteiger partial charge in [-0.15, -0.1) is 0 Å². The molecule has 1 heterocycles. The first-order valence-electron chi connectivity index (χ1n) is 7.23. The first-order chi connectivity index (χ1) is 9.74. The Balaban J connectivity index is 2.05. The molecule has 2 N–H and O–H groups in total. The van der Waals surface area contributed by atoms with Gasteiger partial charge in [0, 0.05) is 24.8 Å². The number of hydrogen-bond acceptors (Lipinski definition) is 5. The number of hydrogen-bond donors (Lipinski definition) is 1. The van der Waals surface area contributed by atoms with Gasteiger partial charge in [0.25, 0.3) is 0 Å². The van der Waals surface area contributed by atoms with Gasteiger partial charge in [0.15, 0.2) is 0 Å². The Hall–Kier alpha value is -1.75. The van der Waals surface area contributed by atoms with E-state index in [1.54, 1.807) is 18.2 Å². The van der Waals surface area contributed by atoms with Gasteiger partial charge in [0.05, 0.1) is 5.56 Å². The summed E-state index contributed by atoms with van der Waals surface area (Å²) >= 11 is 0. The molecule has 1 aromatic rings. The first kappa shape index (κ1) is 15.6. The van der Waals surface area contributed by atoms with Gasteiger partial charge in [0.2, 0.25) is 0 Å². The predicted octanol–water partition coefficient (Wildman–Crippen LogP) is 2.31. The zero-order chi connectivity index (χ0) is 15.6. The average Bonchev–Trinajstić information content (AvgIpc) is 2.72. The van der Waals surface area contributed by atoms with E-state index >= 15 is 0 Å². The molecule has 0 amide bonds. The maximum atomic E-state index is 12.0. The van der Waals surface area contributed by atoms with Crippen LogP contribution in [-0.2, 0) is 4.74 Å². The standard InChI is InChI=1S/C16H24N2O3/c1-16(2,3)21-15(19)13-6-5-11(9-14(13)17)20-12-7-8-18(4)10-12/h5-6,9,12H,7-8,10,17H2,1-4H3/t12-/m0/s1. The molecule has 21 heavy (non-hydrogen) atoms. The van der Waals surface area contributed by atoms with Gasteiger partial charge in [-0.1, -0.05) is 0 Å². The lowest BCUT2D eigenvalue weighted by Gasteiger charge is -2.20. The molecule has 1 aromatic carbocycles. The van der Waals surface area contributed by atoms with Crippen LogP contribution in [0.5, 0.6) is 5.75 Å². The second kappa shape index (κ2) is 5.93. The van der Waals surface area contributed by atoms with Crippen LogP contribution >= 0.6 is 0 Å². The molecule has 1 fully saturated rings. The fourth-order valence-corrected chi connectivity index (χ4v) is 2.32. The molecule has 1 aliphatic rings. The van der Waals surface area contributed by atoms with Crippen LogP contribution in [0.2, 0.25) is 0 Å². The maximum absolute atomic E-state index is 12.0. The van der Waals surface area contributed by atoms with Gasteiger partial charge in [0.1, 0.15) is 17.5 Å². The first-order valence-corrected chi connectivity index (χ1v) is 7.23. The Kier molecular flexibility index (Phi) is 4.42. The summed E-state index contributed by atoms with van der Waals surface area (Å²) in [5.74, 6) is 0.284. The molecule has 5 heteroatoms. The number of ether oxygens (including phenoxy) is 2. The number of nitrogens with two attached hydrogens (primary N) is 1. The zero-order valence-corrected chi connectivity index (χ0v) is 13.2. The van der Waals surface area contributed by atoms with Crippen molar-refractivity contribution in [2.24, 2.45) is 0 Å². The van der Waals surface area contributed by atoms with Crippen molar-refractivity contribution in [3.8, 4) is 5.75 Å². The van der Waals surface area contributed by atoms with Crippen LogP contribution in [-0.4, -0.2) is 42.7 Å². The Labute approximate surface area is 126 Å². The maximum Gasteiger partial charge on any atom is 0.340 e. The molecule has 0 aliphatic carbocycles. The molecule has 0 spiro atoms. The summed E-state index contributed by atoms with van der Waals surface area (Å²) in [5, 5.41) is 0. The normalized spacial score (nSPS) is 19.5. The van der Waals surface area contributed by atoms with Crippen molar-refractivity contribution in [1.29, 1.82) is 0 Å². The van der Waals surface area contributed by atoms with E-state index in [1.165, 1.54) is 0 Å². The highest BCUT2D eigenvalue weighted by Crippen LogP contribution is 2.24. The number of nitrogen functional groups attached to an aromatic ring is 1. The molecule has 0 bridgehead atoms. The van der Waals surface area contributed by atoms with Gasteiger partial charge in [-0.3, -0.25) is 0 Å². The van der Waals surface area contributed by atoms with Crippen molar-refractivity contribution in [2.75, 3.05) is 25.9 Å². The molecule has 2 rings (SSSR count). The number of anilines is 1. The monoisotopic (exact) mass is 292 g/mol. The fourth-order valence-electron chi connectivity index (χ4n) is 2.32. The Morgan fingerprint density at radius 1 is 1.38 bits per heavy atom. The summed E-state index contributed by atoms with van der Waals surface area (Å²) < 4.78 is 11.2. The molecule has 0 saturated carbocycles. The highest BCUT2D eigenvalue weighted by Gasteiger charge is 2.22. The highest BCUT2D eigenvalue weighted by atomic mass is 16.6. The van der Waals surface area contributed by atoms with Crippen molar-refractivity contribution in [3.63, 3.8) is 0 Å². The summed E-state index contributed by atoms with van der Waals surface area (Å²) in [7, 11) is 2.07. The van der Waals surface area contributed by atoms with Crippen molar-refractivity contribution in [1.82, 2.24) is 4.90 Å². The minimum atomic E-state index is -0.535. The fraction of sp³-hybridized carbons (Fsp3) is 0.562. The van der Waals surface area contributed by atoms with Crippen LogP contribution in [0.4, 0.5) is 5.69 Å². The summed E-state index contributed by atoms with van der Waals surface area (Å²) in [4.78, 5) is 14.3. The van der Waals surface area contributed by atoms with Gasteiger partial charge in [-0.2, -0.15) is 0 Å². The van der Waals surface area contributed by atoms with Gasteiger partial charge in [-0.05, 0) is 46.4 Å². The Morgan fingerprint density at radius 2 is 2.10 bits per heavy atom. The topological polar surface area (TPSA) is 64.8 Å². The molecule has 1 aliphatic heterocycles. The largest absolute Gasteiger partial charge is 0.489 e. The molecular weight excluding hydrogens is 268 g/mol. The summed E-state index contributed by atoms with van der Waals surface area (Å²) in [5.41, 5.74) is 6.18. The van der Waals surface area contributed by atoms with Gasteiger partial charge in [-0.25, -0.2) is 4.79 Å². The van der Waals surface area contributed by atoms with Crippen LogP contribution < -0.4 is 10.5 Å². The Morgan fingerprint density at radius 3 is 2.62 bits per heavy atom. The molecule has 1 saturated heterocycles. The van der Waals surface area contributed by atoms with Gasteiger partial charge < -0.3 is 20.1 Å². The lowest BCUT2D eigenvalue weighted by molar-refractivity contribution is 0.00708. The lowest BCUT2D eigenvalue weighted by Crippen LogP contribution is -2.24. The van der Waals surface area contributed by atoms with Crippen molar-refractivity contribution in [3.05, 3.63) is 23.8 Å². The van der Waals surface area contributed by atoms with E-state index in [0.717, 1.165) is 19.5 Å².